The number of pyridine rings is 1. The van der Waals surface area contributed by atoms with E-state index in [9.17, 15) is 14.7 Å². The van der Waals surface area contributed by atoms with E-state index in [0.29, 0.717) is 36.0 Å². The van der Waals surface area contributed by atoms with E-state index < -0.39 is 6.10 Å². The van der Waals surface area contributed by atoms with Gasteiger partial charge in [0.05, 0.1) is 23.7 Å². The van der Waals surface area contributed by atoms with Crippen LogP contribution < -0.4 is 10.6 Å². The molecular formula is C28H32N6O3. The molecule has 1 fully saturated rings. The maximum atomic E-state index is 13.4. The SMILES string of the molecule is CC(O)/C(=C/N=N)N(C)Cc1ccc(C(=O)Nc2cccnc2C(=O)NCC2CCC2)c2ccccc12. The van der Waals surface area contributed by atoms with Crippen LogP contribution in [0.5, 0.6) is 0 Å². The predicted molar refractivity (Wildman–Crippen MR) is 142 cm³/mol. The molecule has 0 saturated heterocycles. The van der Waals surface area contributed by atoms with Gasteiger partial charge in [-0.2, -0.15) is 5.11 Å². The second kappa shape index (κ2) is 11.7. The minimum atomic E-state index is -0.782. The van der Waals surface area contributed by atoms with Gasteiger partial charge in [0.2, 0.25) is 0 Å². The van der Waals surface area contributed by atoms with Crippen LogP contribution >= 0.6 is 0 Å². The topological polar surface area (TPSA) is 131 Å². The highest BCUT2D eigenvalue weighted by Gasteiger charge is 2.21. The van der Waals surface area contributed by atoms with Gasteiger partial charge >= 0.3 is 0 Å². The molecule has 1 unspecified atom stereocenters. The van der Waals surface area contributed by atoms with Crippen LogP contribution in [0.25, 0.3) is 10.8 Å². The van der Waals surface area contributed by atoms with Crippen LogP contribution in [0, 0.1) is 11.4 Å². The Labute approximate surface area is 216 Å². The molecule has 0 radical (unpaired) electrons. The van der Waals surface area contributed by atoms with Gasteiger partial charge in [-0.05, 0) is 60.2 Å². The first kappa shape index (κ1) is 26.0. The fourth-order valence-electron chi connectivity index (χ4n) is 4.53. The number of likely N-dealkylation sites (N-methyl/N-ethyl adjacent to an activating group) is 1. The van der Waals surface area contributed by atoms with E-state index in [1.165, 1.54) is 12.6 Å². The number of benzene rings is 2. The van der Waals surface area contributed by atoms with Gasteiger partial charge in [-0.3, -0.25) is 9.59 Å². The Morgan fingerprint density at radius 1 is 1.16 bits per heavy atom. The number of nitrogens with one attached hydrogen (secondary N) is 3. The van der Waals surface area contributed by atoms with Gasteiger partial charge in [0.1, 0.15) is 0 Å². The molecular weight excluding hydrogens is 468 g/mol. The van der Waals surface area contributed by atoms with Crippen LogP contribution in [0.1, 0.15) is 52.6 Å². The summed E-state index contributed by atoms with van der Waals surface area (Å²) in [6.45, 7) is 2.69. The number of hydrogen-bond acceptors (Lipinski definition) is 7. The first-order chi connectivity index (χ1) is 17.9. The van der Waals surface area contributed by atoms with Crippen LogP contribution in [0.4, 0.5) is 5.69 Å². The molecule has 1 aliphatic rings. The van der Waals surface area contributed by atoms with Crippen LogP contribution in [0.2, 0.25) is 0 Å². The van der Waals surface area contributed by atoms with E-state index in [0.717, 1.165) is 29.2 Å². The minimum Gasteiger partial charge on any atom is -0.387 e. The molecule has 1 heterocycles. The number of carbonyl (C=O) groups excluding carboxylic acids is 2. The zero-order chi connectivity index (χ0) is 26.4. The molecule has 4 rings (SSSR count). The van der Waals surface area contributed by atoms with Crippen molar-refractivity contribution in [2.45, 2.75) is 38.8 Å². The van der Waals surface area contributed by atoms with Crippen molar-refractivity contribution in [2.24, 2.45) is 11.0 Å². The number of anilines is 1. The largest absolute Gasteiger partial charge is 0.387 e. The summed E-state index contributed by atoms with van der Waals surface area (Å²) >= 11 is 0. The highest BCUT2D eigenvalue weighted by molar-refractivity contribution is 6.15. The van der Waals surface area contributed by atoms with Gasteiger partial charge in [-0.15, -0.1) is 0 Å². The Hall–Kier alpha value is -4.11. The summed E-state index contributed by atoms with van der Waals surface area (Å²) in [5.41, 5.74) is 9.61. The van der Waals surface area contributed by atoms with Crippen molar-refractivity contribution in [3.8, 4) is 0 Å². The third kappa shape index (κ3) is 6.00. The van der Waals surface area contributed by atoms with E-state index >= 15 is 0 Å². The van der Waals surface area contributed by atoms with Gasteiger partial charge in [0.15, 0.2) is 5.69 Å². The first-order valence-electron chi connectivity index (χ1n) is 12.4. The molecule has 1 atom stereocenters. The number of fused-ring (bicyclic) bond motifs is 1. The van der Waals surface area contributed by atoms with Crippen LogP contribution in [0.15, 0.2) is 71.7 Å². The maximum absolute atomic E-state index is 13.4. The summed E-state index contributed by atoms with van der Waals surface area (Å²) in [5.74, 6) is -0.120. The Morgan fingerprint density at radius 3 is 2.59 bits per heavy atom. The predicted octanol–water partition coefficient (Wildman–Crippen LogP) is 4.70. The Kier molecular flexibility index (Phi) is 8.25. The van der Waals surface area contributed by atoms with E-state index in [-0.39, 0.29) is 17.5 Å². The number of amides is 2. The third-order valence-electron chi connectivity index (χ3n) is 6.78. The fraction of sp³-hybridized carbons (Fsp3) is 0.321. The zero-order valence-electron chi connectivity index (χ0n) is 21.1. The molecule has 37 heavy (non-hydrogen) atoms. The van der Waals surface area contributed by atoms with Crippen LogP contribution in [-0.4, -0.2) is 46.5 Å². The van der Waals surface area contributed by atoms with Gasteiger partial charge in [-0.1, -0.05) is 36.8 Å². The Bertz CT molecular complexity index is 1330. The molecule has 2 aromatic carbocycles. The number of hydrogen-bond donors (Lipinski definition) is 4. The van der Waals surface area contributed by atoms with Crippen molar-refractivity contribution in [3.63, 3.8) is 0 Å². The Morgan fingerprint density at radius 2 is 1.92 bits per heavy atom. The van der Waals surface area contributed by atoms with E-state index in [1.807, 2.05) is 42.3 Å². The lowest BCUT2D eigenvalue weighted by Gasteiger charge is -2.25. The van der Waals surface area contributed by atoms with E-state index in [4.69, 9.17) is 5.53 Å². The lowest BCUT2D eigenvalue weighted by atomic mass is 9.85. The van der Waals surface area contributed by atoms with Crippen molar-refractivity contribution in [1.82, 2.24) is 15.2 Å². The molecule has 1 saturated carbocycles. The van der Waals surface area contributed by atoms with Crippen molar-refractivity contribution in [3.05, 3.63) is 83.4 Å². The summed E-state index contributed by atoms with van der Waals surface area (Å²) in [6, 6.07) is 14.6. The first-order valence-corrected chi connectivity index (χ1v) is 12.4. The quantitative estimate of drug-likeness (QED) is 0.300. The second-order valence-electron chi connectivity index (χ2n) is 9.39. The Balaban J connectivity index is 1.57. The summed E-state index contributed by atoms with van der Waals surface area (Å²) in [5, 5.41) is 20.8. The van der Waals surface area contributed by atoms with Gasteiger partial charge < -0.3 is 20.6 Å². The number of aliphatic hydroxyl groups excluding tert-OH is 1. The average molecular weight is 501 g/mol. The lowest BCUT2D eigenvalue weighted by molar-refractivity contribution is 0.0935. The number of rotatable bonds is 10. The molecule has 0 spiro atoms. The van der Waals surface area contributed by atoms with E-state index in [2.05, 4.69) is 20.7 Å². The summed E-state index contributed by atoms with van der Waals surface area (Å²) < 4.78 is 0. The monoisotopic (exact) mass is 500 g/mol. The molecule has 4 N–H and O–H groups in total. The molecule has 192 valence electrons. The molecule has 1 aliphatic carbocycles. The molecule has 2 amide bonds. The van der Waals surface area contributed by atoms with Crippen molar-refractivity contribution >= 4 is 28.3 Å². The minimum absolute atomic E-state index is 0.190. The number of carbonyl (C=O) groups is 2. The van der Waals surface area contributed by atoms with Gasteiger partial charge in [-0.25, -0.2) is 10.5 Å². The maximum Gasteiger partial charge on any atom is 0.272 e. The van der Waals surface area contributed by atoms with Crippen molar-refractivity contribution < 1.29 is 14.7 Å². The molecule has 0 aliphatic heterocycles. The highest BCUT2D eigenvalue weighted by Crippen LogP contribution is 2.27. The summed E-state index contributed by atoms with van der Waals surface area (Å²) in [6.07, 6.45) is 5.53. The molecule has 9 heteroatoms. The number of aromatic nitrogens is 1. The summed E-state index contributed by atoms with van der Waals surface area (Å²) in [4.78, 5) is 32.2. The number of nitrogens with zero attached hydrogens (tertiary/aromatic N) is 3. The third-order valence-corrected chi connectivity index (χ3v) is 6.78. The van der Waals surface area contributed by atoms with Gasteiger partial charge in [0, 0.05) is 31.9 Å². The van der Waals surface area contributed by atoms with Crippen LogP contribution in [0.3, 0.4) is 0 Å². The second-order valence-corrected chi connectivity index (χ2v) is 9.39. The van der Waals surface area contributed by atoms with Gasteiger partial charge in [0.25, 0.3) is 11.8 Å². The smallest absolute Gasteiger partial charge is 0.272 e. The van der Waals surface area contributed by atoms with Crippen molar-refractivity contribution in [1.29, 1.82) is 5.53 Å². The standard InChI is InChI=1S/C28H32N6O3/c1-18(35)25(16-32-29)34(2)17-20-12-13-23(22-10-4-3-9-21(20)22)27(36)33-24-11-6-14-30-26(24)28(37)31-15-19-7-5-8-19/h3-4,6,9-14,16,18-19,29,35H,5,7-8,15,17H2,1-2H3,(H,31,37)(H,33,36)/b25-16-,32-29?. The highest BCUT2D eigenvalue weighted by atomic mass is 16.3. The molecule has 3 aromatic rings. The zero-order valence-corrected chi connectivity index (χ0v) is 21.1. The molecule has 9 nitrogen and oxygen atoms in total. The molecule has 0 bridgehead atoms. The summed E-state index contributed by atoms with van der Waals surface area (Å²) in [7, 11) is 1.82. The number of aliphatic hydroxyl groups is 1. The van der Waals surface area contributed by atoms with Crippen molar-refractivity contribution in [2.75, 3.05) is 18.9 Å². The average Bonchev–Trinajstić information content (AvgIpc) is 2.86. The van der Waals surface area contributed by atoms with E-state index in [1.54, 1.807) is 31.3 Å². The lowest BCUT2D eigenvalue weighted by Crippen LogP contribution is -2.33. The van der Waals surface area contributed by atoms with Crippen LogP contribution in [-0.2, 0) is 6.54 Å². The normalized spacial score (nSPS) is 14.5. The fourth-order valence-corrected chi connectivity index (χ4v) is 4.53. The molecule has 1 aromatic heterocycles.